The molecule has 2 aromatic carbocycles. The molecule has 132 valence electrons. The van der Waals surface area contributed by atoms with Gasteiger partial charge in [-0.1, -0.05) is 0 Å². The zero-order valence-corrected chi connectivity index (χ0v) is 14.2. The third-order valence-electron chi connectivity index (χ3n) is 3.56. The van der Waals surface area contributed by atoms with Gasteiger partial charge in [0.05, 0.1) is 5.25 Å². The minimum atomic E-state index is -2.88. The number of thioether (sulfide) groups is 1. The molecule has 1 atom stereocenters. The van der Waals surface area contributed by atoms with Crippen LogP contribution in [0.2, 0.25) is 0 Å². The molecule has 1 aliphatic rings. The van der Waals surface area contributed by atoms with Crippen molar-refractivity contribution in [1.29, 1.82) is 0 Å². The lowest BCUT2D eigenvalue weighted by molar-refractivity contribution is -0.0498. The highest BCUT2D eigenvalue weighted by molar-refractivity contribution is 8.00. The molecule has 3 rings (SSSR count). The maximum Gasteiger partial charge on any atom is 0.387 e. The third-order valence-corrected chi connectivity index (χ3v) is 4.65. The minimum absolute atomic E-state index is 0.0266. The Morgan fingerprint density at radius 1 is 1.08 bits per heavy atom. The van der Waals surface area contributed by atoms with E-state index in [-0.39, 0.29) is 16.8 Å². The van der Waals surface area contributed by atoms with Gasteiger partial charge in [0.1, 0.15) is 19.0 Å². The third kappa shape index (κ3) is 4.42. The first-order valence-corrected chi connectivity index (χ1v) is 8.56. The molecule has 4 nitrogen and oxygen atoms in total. The molecule has 0 saturated heterocycles. The van der Waals surface area contributed by atoms with Crippen LogP contribution >= 0.6 is 11.8 Å². The van der Waals surface area contributed by atoms with Crippen LogP contribution in [0.15, 0.2) is 47.4 Å². The Hall–Kier alpha value is -2.28. The van der Waals surface area contributed by atoms with E-state index >= 15 is 0 Å². The van der Waals surface area contributed by atoms with Crippen molar-refractivity contribution < 1.29 is 27.8 Å². The van der Waals surface area contributed by atoms with E-state index in [1.54, 1.807) is 6.92 Å². The van der Waals surface area contributed by atoms with Crippen molar-refractivity contribution >= 4 is 17.5 Å². The van der Waals surface area contributed by atoms with Gasteiger partial charge in [0.15, 0.2) is 17.3 Å². The zero-order valence-electron chi connectivity index (χ0n) is 13.4. The molecule has 0 bridgehead atoms. The molecule has 0 aromatic heterocycles. The smallest absolute Gasteiger partial charge is 0.387 e. The van der Waals surface area contributed by atoms with E-state index in [1.165, 1.54) is 36.0 Å². The first-order valence-electron chi connectivity index (χ1n) is 7.68. The summed E-state index contributed by atoms with van der Waals surface area (Å²) < 4.78 is 39.6. The van der Waals surface area contributed by atoms with E-state index < -0.39 is 6.61 Å². The highest BCUT2D eigenvalue weighted by Gasteiger charge is 2.19. The normalized spacial score (nSPS) is 14.2. The molecule has 0 N–H and O–H groups in total. The molecule has 0 fully saturated rings. The lowest BCUT2D eigenvalue weighted by Gasteiger charge is -2.19. The number of ether oxygens (including phenoxy) is 3. The maximum absolute atomic E-state index is 12.5. The SMILES string of the molecule is C[C@H](Sc1ccc2c(c1)OCCO2)C(=O)c1ccc(OC(F)F)cc1. The second kappa shape index (κ2) is 7.74. The summed E-state index contributed by atoms with van der Waals surface area (Å²) in [5.74, 6) is 1.30. The summed E-state index contributed by atoms with van der Waals surface area (Å²) in [5, 5.41) is -0.343. The van der Waals surface area contributed by atoms with Gasteiger partial charge >= 0.3 is 6.61 Å². The fourth-order valence-electron chi connectivity index (χ4n) is 2.39. The van der Waals surface area contributed by atoms with Crippen molar-refractivity contribution in [3.63, 3.8) is 0 Å². The molecule has 7 heteroatoms. The van der Waals surface area contributed by atoms with Crippen molar-refractivity contribution in [2.45, 2.75) is 23.7 Å². The largest absolute Gasteiger partial charge is 0.486 e. The zero-order chi connectivity index (χ0) is 17.8. The summed E-state index contributed by atoms with van der Waals surface area (Å²) in [6.07, 6.45) is 0. The van der Waals surface area contributed by atoms with Crippen molar-refractivity contribution in [2.24, 2.45) is 0 Å². The Morgan fingerprint density at radius 3 is 2.44 bits per heavy atom. The van der Waals surface area contributed by atoms with Gasteiger partial charge in [-0.3, -0.25) is 4.79 Å². The van der Waals surface area contributed by atoms with Gasteiger partial charge < -0.3 is 14.2 Å². The van der Waals surface area contributed by atoms with Gasteiger partial charge in [-0.15, -0.1) is 11.8 Å². The predicted octanol–water partition coefficient (Wildman–Crippen LogP) is 4.42. The fraction of sp³-hybridized carbons (Fsp3) is 0.278. The van der Waals surface area contributed by atoms with Crippen LogP contribution in [0.1, 0.15) is 17.3 Å². The molecule has 0 amide bonds. The van der Waals surface area contributed by atoms with Crippen LogP contribution in [-0.4, -0.2) is 30.9 Å². The second-order valence-corrected chi connectivity index (χ2v) is 6.75. The number of carbonyl (C=O) groups is 1. The van der Waals surface area contributed by atoms with Crippen molar-refractivity contribution in [3.05, 3.63) is 48.0 Å². The molecule has 0 aliphatic carbocycles. The second-order valence-electron chi connectivity index (χ2n) is 5.33. The number of Topliss-reactive ketones (excluding diaryl/α,β-unsaturated/α-hetero) is 1. The number of fused-ring (bicyclic) bond motifs is 1. The Balaban J connectivity index is 1.66. The monoisotopic (exact) mass is 366 g/mol. The summed E-state index contributed by atoms with van der Waals surface area (Å²) >= 11 is 1.40. The van der Waals surface area contributed by atoms with Gasteiger partial charge in [-0.25, -0.2) is 0 Å². The Kier molecular flexibility index (Phi) is 5.43. The van der Waals surface area contributed by atoms with Gasteiger partial charge in [-0.05, 0) is 49.4 Å². The number of rotatable bonds is 6. The summed E-state index contributed by atoms with van der Waals surface area (Å²) in [5.41, 5.74) is 0.444. The first-order chi connectivity index (χ1) is 12.0. The number of alkyl halides is 2. The van der Waals surface area contributed by atoms with Crippen molar-refractivity contribution in [1.82, 2.24) is 0 Å². The maximum atomic E-state index is 12.5. The van der Waals surface area contributed by atoms with Gasteiger partial charge in [0.25, 0.3) is 0 Å². The standard InChI is InChI=1S/C18H16F2O4S/c1-11(17(21)12-2-4-13(5-3-12)24-18(19)20)25-14-6-7-15-16(10-14)23-9-8-22-15/h2-7,10-11,18H,8-9H2,1H3/t11-/m0/s1. The fourth-order valence-corrected chi connectivity index (χ4v) is 3.36. The molecule has 1 heterocycles. The lowest BCUT2D eigenvalue weighted by atomic mass is 10.1. The summed E-state index contributed by atoms with van der Waals surface area (Å²) in [6, 6.07) is 11.2. The molecule has 0 unspecified atom stereocenters. The average Bonchev–Trinajstić information content (AvgIpc) is 2.61. The highest BCUT2D eigenvalue weighted by atomic mass is 32.2. The molecule has 2 aromatic rings. The summed E-state index contributed by atoms with van der Waals surface area (Å²) in [6.45, 7) is -0.0541. The van der Waals surface area contributed by atoms with E-state index in [4.69, 9.17) is 9.47 Å². The molecular formula is C18H16F2O4S. The van der Waals surface area contributed by atoms with Crippen LogP contribution in [0.4, 0.5) is 8.78 Å². The summed E-state index contributed by atoms with van der Waals surface area (Å²) in [4.78, 5) is 13.4. The van der Waals surface area contributed by atoms with E-state index in [0.29, 0.717) is 30.3 Å². The topological polar surface area (TPSA) is 44.8 Å². The van der Waals surface area contributed by atoms with E-state index in [9.17, 15) is 13.6 Å². The number of hydrogen-bond donors (Lipinski definition) is 0. The lowest BCUT2D eigenvalue weighted by Crippen LogP contribution is -2.16. The van der Waals surface area contributed by atoms with Crippen LogP contribution in [0, 0.1) is 0 Å². The Bertz CT molecular complexity index is 749. The van der Waals surface area contributed by atoms with E-state index in [1.807, 2.05) is 18.2 Å². The van der Waals surface area contributed by atoms with E-state index in [0.717, 1.165) is 4.90 Å². The number of carbonyl (C=O) groups excluding carboxylic acids is 1. The Labute approximate surface area is 148 Å². The van der Waals surface area contributed by atoms with Gasteiger partial charge in [0.2, 0.25) is 0 Å². The van der Waals surface area contributed by atoms with Crippen LogP contribution in [0.5, 0.6) is 17.2 Å². The van der Waals surface area contributed by atoms with Crippen LogP contribution < -0.4 is 14.2 Å². The Morgan fingerprint density at radius 2 is 1.76 bits per heavy atom. The highest BCUT2D eigenvalue weighted by Crippen LogP contribution is 2.36. The number of benzene rings is 2. The average molecular weight is 366 g/mol. The van der Waals surface area contributed by atoms with Gasteiger partial charge in [-0.2, -0.15) is 8.78 Å². The molecule has 0 radical (unpaired) electrons. The van der Waals surface area contributed by atoms with Crippen LogP contribution in [0.25, 0.3) is 0 Å². The minimum Gasteiger partial charge on any atom is -0.486 e. The molecule has 25 heavy (non-hydrogen) atoms. The van der Waals surface area contributed by atoms with Crippen molar-refractivity contribution in [3.8, 4) is 17.2 Å². The molecule has 0 saturated carbocycles. The molecule has 0 spiro atoms. The predicted molar refractivity (Wildman–Crippen MR) is 90.2 cm³/mol. The molecular weight excluding hydrogens is 350 g/mol. The van der Waals surface area contributed by atoms with Gasteiger partial charge in [0, 0.05) is 10.5 Å². The summed E-state index contributed by atoms with van der Waals surface area (Å²) in [7, 11) is 0. The first kappa shape index (κ1) is 17.5. The van der Waals surface area contributed by atoms with Crippen LogP contribution in [0.3, 0.4) is 0 Å². The quantitative estimate of drug-likeness (QED) is 0.559. The van der Waals surface area contributed by atoms with E-state index in [2.05, 4.69) is 4.74 Å². The van der Waals surface area contributed by atoms with Crippen LogP contribution in [-0.2, 0) is 0 Å². The molecule has 1 aliphatic heterocycles. The van der Waals surface area contributed by atoms with Crippen molar-refractivity contribution in [2.75, 3.05) is 13.2 Å². The number of ketones is 1. The number of halogens is 2. The number of hydrogen-bond acceptors (Lipinski definition) is 5.